The average Bonchev–Trinajstić information content (AvgIpc) is 3.13. The van der Waals surface area contributed by atoms with E-state index in [1.807, 2.05) is 0 Å². The fraction of sp³-hybridized carbons (Fsp3) is 0.143. The predicted octanol–water partition coefficient (Wildman–Crippen LogP) is 3.58. The van der Waals surface area contributed by atoms with Crippen LogP contribution in [0.5, 0.6) is 5.75 Å². The van der Waals surface area contributed by atoms with Crippen molar-refractivity contribution in [2.45, 2.75) is 18.4 Å². The van der Waals surface area contributed by atoms with Gasteiger partial charge in [0.25, 0.3) is 10.0 Å². The van der Waals surface area contributed by atoms with Crippen LogP contribution in [0.1, 0.15) is 11.4 Å². The second-order valence-electron chi connectivity index (χ2n) is 6.65. The van der Waals surface area contributed by atoms with Gasteiger partial charge in [-0.2, -0.15) is 0 Å². The van der Waals surface area contributed by atoms with E-state index in [1.54, 1.807) is 61.0 Å². The first-order valence-electron chi connectivity index (χ1n) is 9.12. The highest BCUT2D eigenvalue weighted by molar-refractivity contribution is 7.93. The normalized spacial score (nSPS) is 11.6. The minimum absolute atomic E-state index is 0.00392. The summed E-state index contributed by atoms with van der Waals surface area (Å²) in [6, 6.07) is 15.6. The Labute approximate surface area is 173 Å². The monoisotopic (exact) mass is 426 g/mol. The summed E-state index contributed by atoms with van der Waals surface area (Å²) in [6.07, 6.45) is 1.69. The van der Waals surface area contributed by atoms with Crippen LogP contribution in [0.4, 0.5) is 10.1 Å². The van der Waals surface area contributed by atoms with Crippen LogP contribution in [0, 0.1) is 12.7 Å². The molecule has 0 bridgehead atoms. The SMILES string of the molecule is COc1ccc(CN(c2cccc(F)c2)S(=O)(=O)c2cccn3c(C)nnc23)cc1. The summed E-state index contributed by atoms with van der Waals surface area (Å²) in [7, 11) is -2.53. The zero-order valence-electron chi connectivity index (χ0n) is 16.4. The van der Waals surface area contributed by atoms with Crippen LogP contribution in [-0.2, 0) is 16.6 Å². The molecule has 7 nitrogen and oxygen atoms in total. The number of sulfonamides is 1. The number of pyridine rings is 1. The Bertz CT molecular complexity index is 1300. The first kappa shape index (κ1) is 19.8. The number of aryl methyl sites for hydroxylation is 1. The van der Waals surface area contributed by atoms with E-state index in [0.717, 1.165) is 4.31 Å². The Morgan fingerprint density at radius 1 is 1.07 bits per heavy atom. The zero-order chi connectivity index (χ0) is 21.3. The summed E-state index contributed by atoms with van der Waals surface area (Å²) in [6.45, 7) is 1.74. The van der Waals surface area contributed by atoms with Gasteiger partial charge in [-0.1, -0.05) is 18.2 Å². The van der Waals surface area contributed by atoms with Gasteiger partial charge in [0.05, 0.1) is 19.3 Å². The van der Waals surface area contributed by atoms with E-state index in [9.17, 15) is 12.8 Å². The van der Waals surface area contributed by atoms with Crippen molar-refractivity contribution in [3.8, 4) is 5.75 Å². The summed E-state index contributed by atoms with van der Waals surface area (Å²) in [5, 5.41) is 8.00. The van der Waals surface area contributed by atoms with Gasteiger partial charge in [-0.05, 0) is 55.0 Å². The van der Waals surface area contributed by atoms with Crippen LogP contribution in [0.2, 0.25) is 0 Å². The molecule has 0 radical (unpaired) electrons. The van der Waals surface area contributed by atoms with Gasteiger partial charge in [0.2, 0.25) is 0 Å². The van der Waals surface area contributed by atoms with Crippen LogP contribution in [0.15, 0.2) is 71.8 Å². The second-order valence-corrected chi connectivity index (χ2v) is 8.48. The number of fused-ring (bicyclic) bond motifs is 1. The molecule has 0 saturated carbocycles. The molecule has 0 fully saturated rings. The van der Waals surface area contributed by atoms with E-state index in [4.69, 9.17) is 4.74 Å². The second kappa shape index (κ2) is 7.75. The van der Waals surface area contributed by atoms with E-state index in [2.05, 4.69) is 10.2 Å². The molecule has 0 unspecified atom stereocenters. The number of halogens is 1. The van der Waals surface area contributed by atoms with Crippen molar-refractivity contribution >= 4 is 21.4 Å². The summed E-state index contributed by atoms with van der Waals surface area (Å²) in [5.74, 6) is 0.691. The van der Waals surface area contributed by atoms with Gasteiger partial charge in [-0.15, -0.1) is 10.2 Å². The van der Waals surface area contributed by atoms with Crippen molar-refractivity contribution in [1.29, 1.82) is 0 Å². The quantitative estimate of drug-likeness (QED) is 0.471. The maximum absolute atomic E-state index is 13.9. The Kier molecular flexibility index (Phi) is 5.13. The Morgan fingerprint density at radius 2 is 1.83 bits per heavy atom. The summed E-state index contributed by atoms with van der Waals surface area (Å²) in [4.78, 5) is -0.0108. The number of aromatic nitrogens is 3. The number of benzene rings is 2. The summed E-state index contributed by atoms with van der Waals surface area (Å²) < 4.78 is 49.3. The smallest absolute Gasteiger partial charge is 0.268 e. The lowest BCUT2D eigenvalue weighted by Crippen LogP contribution is -2.31. The van der Waals surface area contributed by atoms with Crippen molar-refractivity contribution in [1.82, 2.24) is 14.6 Å². The van der Waals surface area contributed by atoms with Gasteiger partial charge in [0.15, 0.2) is 5.65 Å². The number of anilines is 1. The van der Waals surface area contributed by atoms with E-state index >= 15 is 0 Å². The van der Waals surface area contributed by atoms with Gasteiger partial charge in [0, 0.05) is 6.20 Å². The lowest BCUT2D eigenvalue weighted by Gasteiger charge is -2.25. The van der Waals surface area contributed by atoms with Gasteiger partial charge < -0.3 is 4.74 Å². The van der Waals surface area contributed by atoms with Crippen molar-refractivity contribution < 1.29 is 17.5 Å². The van der Waals surface area contributed by atoms with Gasteiger partial charge >= 0.3 is 0 Å². The molecule has 0 aliphatic heterocycles. The minimum Gasteiger partial charge on any atom is -0.497 e. The van der Waals surface area contributed by atoms with Crippen molar-refractivity contribution in [2.24, 2.45) is 0 Å². The Morgan fingerprint density at radius 3 is 2.53 bits per heavy atom. The van der Waals surface area contributed by atoms with E-state index < -0.39 is 15.8 Å². The number of nitrogens with zero attached hydrogens (tertiary/aromatic N) is 4. The molecule has 2 heterocycles. The standard InChI is InChI=1S/C21H19FN4O3S/c1-15-23-24-21-20(7-4-12-25(15)21)30(27,28)26(18-6-3-5-17(22)13-18)14-16-8-10-19(29-2)11-9-16/h3-13H,14H2,1-2H3. The third kappa shape index (κ3) is 3.59. The maximum Gasteiger partial charge on any atom is 0.268 e. The molecule has 30 heavy (non-hydrogen) atoms. The van der Waals surface area contributed by atoms with E-state index in [0.29, 0.717) is 17.1 Å². The summed E-state index contributed by atoms with van der Waals surface area (Å²) in [5.41, 5.74) is 1.14. The van der Waals surface area contributed by atoms with E-state index in [1.165, 1.54) is 24.3 Å². The number of methoxy groups -OCH3 is 1. The molecule has 0 atom stereocenters. The van der Waals surface area contributed by atoms with Crippen molar-refractivity contribution in [2.75, 3.05) is 11.4 Å². The number of hydrogen-bond donors (Lipinski definition) is 0. The molecule has 0 amide bonds. The van der Waals surface area contributed by atoms with Crippen LogP contribution in [0.25, 0.3) is 5.65 Å². The molecule has 0 aliphatic carbocycles. The molecular formula is C21H19FN4O3S. The Hall–Kier alpha value is -3.46. The molecule has 0 saturated heterocycles. The van der Waals surface area contributed by atoms with Crippen LogP contribution in [0.3, 0.4) is 0 Å². The first-order valence-corrected chi connectivity index (χ1v) is 10.6. The van der Waals surface area contributed by atoms with Crippen LogP contribution >= 0.6 is 0 Å². The third-order valence-corrected chi connectivity index (χ3v) is 6.51. The Balaban J connectivity index is 1.85. The molecule has 9 heteroatoms. The number of ether oxygens (including phenoxy) is 1. The molecule has 2 aromatic heterocycles. The molecule has 0 N–H and O–H groups in total. The molecular weight excluding hydrogens is 407 g/mol. The average molecular weight is 426 g/mol. The van der Waals surface area contributed by atoms with Crippen LogP contribution < -0.4 is 9.04 Å². The fourth-order valence-electron chi connectivity index (χ4n) is 3.17. The molecule has 4 aromatic rings. The predicted molar refractivity (Wildman–Crippen MR) is 110 cm³/mol. The molecule has 2 aromatic carbocycles. The maximum atomic E-state index is 13.9. The van der Waals surface area contributed by atoms with Crippen molar-refractivity contribution in [3.63, 3.8) is 0 Å². The molecule has 0 aliphatic rings. The summed E-state index contributed by atoms with van der Waals surface area (Å²) >= 11 is 0. The van der Waals surface area contributed by atoms with Crippen molar-refractivity contribution in [3.05, 3.63) is 84.1 Å². The first-order chi connectivity index (χ1) is 14.4. The lowest BCUT2D eigenvalue weighted by molar-refractivity contribution is 0.414. The highest BCUT2D eigenvalue weighted by Crippen LogP contribution is 2.29. The molecule has 0 spiro atoms. The largest absolute Gasteiger partial charge is 0.497 e. The highest BCUT2D eigenvalue weighted by atomic mass is 32.2. The number of hydrogen-bond acceptors (Lipinski definition) is 5. The third-order valence-electron chi connectivity index (χ3n) is 4.72. The minimum atomic E-state index is -4.09. The lowest BCUT2D eigenvalue weighted by atomic mass is 10.2. The topological polar surface area (TPSA) is 76.8 Å². The molecule has 4 rings (SSSR count). The van der Waals surface area contributed by atoms with Crippen LogP contribution in [-0.4, -0.2) is 30.1 Å². The van der Waals surface area contributed by atoms with Gasteiger partial charge in [-0.25, -0.2) is 12.8 Å². The number of rotatable bonds is 6. The van der Waals surface area contributed by atoms with E-state index in [-0.39, 0.29) is 22.8 Å². The highest BCUT2D eigenvalue weighted by Gasteiger charge is 2.29. The van der Waals surface area contributed by atoms with Gasteiger partial charge in [-0.3, -0.25) is 8.71 Å². The van der Waals surface area contributed by atoms with Gasteiger partial charge in [0.1, 0.15) is 22.3 Å². The molecule has 154 valence electrons. The fourth-order valence-corrected chi connectivity index (χ4v) is 4.74. The zero-order valence-corrected chi connectivity index (χ0v) is 17.2.